The van der Waals surface area contributed by atoms with Gasteiger partial charge in [0.15, 0.2) is 0 Å². The van der Waals surface area contributed by atoms with E-state index in [2.05, 4.69) is 5.32 Å². The predicted octanol–water partition coefficient (Wildman–Crippen LogP) is 6.29. The van der Waals surface area contributed by atoms with Crippen molar-refractivity contribution in [3.05, 3.63) is 126 Å². The molecule has 2 amide bonds. The Morgan fingerprint density at radius 2 is 1.43 bits per heavy atom. The van der Waals surface area contributed by atoms with E-state index in [1.165, 1.54) is 19.2 Å². The third kappa shape index (κ3) is 8.60. The summed E-state index contributed by atoms with van der Waals surface area (Å²) < 4.78 is 35.1. The summed E-state index contributed by atoms with van der Waals surface area (Å²) in [5, 5.41) is 3.24. The van der Waals surface area contributed by atoms with Gasteiger partial charge in [0.2, 0.25) is 11.8 Å². The Kier molecular flexibility index (Phi) is 11.3. The molecule has 0 radical (unpaired) electrons. The first kappa shape index (κ1) is 33.7. The number of anilines is 1. The fourth-order valence-corrected chi connectivity index (χ4v) is 7.50. The fourth-order valence-electron chi connectivity index (χ4n) is 6.06. The molecule has 1 aliphatic rings. The van der Waals surface area contributed by atoms with Gasteiger partial charge in [-0.05, 0) is 55.2 Å². The van der Waals surface area contributed by atoms with E-state index >= 15 is 0 Å². The molecular formula is C38H43N3O5S. The van der Waals surface area contributed by atoms with E-state index in [0.29, 0.717) is 5.75 Å². The van der Waals surface area contributed by atoms with E-state index in [4.69, 9.17) is 4.74 Å². The van der Waals surface area contributed by atoms with Gasteiger partial charge >= 0.3 is 0 Å². The van der Waals surface area contributed by atoms with Crippen LogP contribution in [0.15, 0.2) is 114 Å². The summed E-state index contributed by atoms with van der Waals surface area (Å²) >= 11 is 0. The third-order valence-electron chi connectivity index (χ3n) is 8.66. The Morgan fingerprint density at radius 1 is 0.809 bits per heavy atom. The lowest BCUT2D eigenvalue weighted by atomic mass is 9.94. The van der Waals surface area contributed by atoms with Crippen LogP contribution < -0.4 is 14.4 Å². The van der Waals surface area contributed by atoms with E-state index < -0.39 is 28.5 Å². The molecule has 0 spiro atoms. The zero-order chi connectivity index (χ0) is 33.2. The maximum absolute atomic E-state index is 14.7. The largest absolute Gasteiger partial charge is 0.495 e. The first-order valence-corrected chi connectivity index (χ1v) is 17.6. The molecule has 0 bridgehead atoms. The molecule has 0 unspecified atom stereocenters. The Morgan fingerprint density at radius 3 is 2.09 bits per heavy atom. The molecule has 0 saturated heterocycles. The van der Waals surface area contributed by atoms with E-state index in [1.54, 1.807) is 47.4 Å². The van der Waals surface area contributed by atoms with Crippen molar-refractivity contribution in [1.82, 2.24) is 10.2 Å². The quantitative estimate of drug-likeness (QED) is 0.183. The first-order valence-electron chi connectivity index (χ1n) is 16.2. The average molecular weight is 654 g/mol. The van der Waals surface area contributed by atoms with Crippen molar-refractivity contribution < 1.29 is 22.7 Å². The monoisotopic (exact) mass is 653 g/mol. The van der Waals surface area contributed by atoms with Gasteiger partial charge in [-0.2, -0.15) is 0 Å². The molecule has 47 heavy (non-hydrogen) atoms. The number of para-hydroxylation sites is 2. The SMILES string of the molecule is COc1ccccc1N(CC(=O)N(Cc1ccc(C)cc1)[C@@H](Cc1ccccc1)C(=O)NC1CCCCC1)S(=O)(=O)c1ccccc1. The molecule has 1 fully saturated rings. The van der Waals surface area contributed by atoms with Crippen LogP contribution in [0.2, 0.25) is 0 Å². The number of ether oxygens (including phenoxy) is 1. The van der Waals surface area contributed by atoms with Crippen LogP contribution >= 0.6 is 0 Å². The van der Waals surface area contributed by atoms with E-state index in [9.17, 15) is 18.0 Å². The second kappa shape index (κ2) is 15.8. The highest BCUT2D eigenvalue weighted by molar-refractivity contribution is 7.92. The highest BCUT2D eigenvalue weighted by Gasteiger charge is 2.36. The van der Waals surface area contributed by atoms with E-state index in [-0.39, 0.29) is 35.5 Å². The second-order valence-corrected chi connectivity index (χ2v) is 13.9. The molecule has 1 atom stereocenters. The van der Waals surface area contributed by atoms with Gasteiger partial charge < -0.3 is 15.0 Å². The van der Waals surface area contributed by atoms with Crippen LogP contribution in [-0.4, -0.2) is 50.9 Å². The molecule has 9 heteroatoms. The number of sulfonamides is 1. The summed E-state index contributed by atoms with van der Waals surface area (Å²) in [6, 6.07) is 31.3. The van der Waals surface area contributed by atoms with Crippen LogP contribution in [0.25, 0.3) is 0 Å². The molecule has 5 rings (SSSR count). The molecule has 4 aromatic rings. The third-order valence-corrected chi connectivity index (χ3v) is 10.4. The van der Waals surface area contributed by atoms with Crippen molar-refractivity contribution in [3.63, 3.8) is 0 Å². The molecule has 1 saturated carbocycles. The van der Waals surface area contributed by atoms with Gasteiger partial charge in [-0.3, -0.25) is 13.9 Å². The molecule has 0 aromatic heterocycles. The van der Waals surface area contributed by atoms with Crippen LogP contribution in [0, 0.1) is 6.92 Å². The Bertz CT molecular complexity index is 1720. The molecule has 4 aromatic carbocycles. The number of methoxy groups -OCH3 is 1. The molecular weight excluding hydrogens is 611 g/mol. The van der Waals surface area contributed by atoms with E-state index in [0.717, 1.165) is 53.1 Å². The average Bonchev–Trinajstić information content (AvgIpc) is 3.10. The maximum Gasteiger partial charge on any atom is 0.264 e. The Labute approximate surface area is 278 Å². The topological polar surface area (TPSA) is 96.0 Å². The normalized spacial score (nSPS) is 14.2. The zero-order valence-electron chi connectivity index (χ0n) is 27.0. The standard InChI is InChI=1S/C38H43N3O5S/c1-29-22-24-31(25-23-29)27-40(35(26-30-14-6-3-7-15-30)38(43)39-32-16-8-4-9-17-32)37(42)28-41(34-20-12-13-21-36(34)46-2)47(44,45)33-18-10-5-11-19-33/h3,5-7,10-15,18-25,32,35H,4,8-9,16-17,26-28H2,1-2H3,(H,39,43)/t35-/m0/s1. The Hall–Kier alpha value is -4.63. The number of benzene rings is 4. The number of nitrogens with zero attached hydrogens (tertiary/aromatic N) is 2. The predicted molar refractivity (Wildman–Crippen MR) is 185 cm³/mol. The number of carbonyl (C=O) groups is 2. The smallest absolute Gasteiger partial charge is 0.264 e. The number of amides is 2. The molecule has 1 aliphatic carbocycles. The van der Waals surface area contributed by atoms with Crippen LogP contribution in [0.1, 0.15) is 48.8 Å². The number of aryl methyl sites for hydroxylation is 1. The van der Waals surface area contributed by atoms with Crippen molar-refractivity contribution in [3.8, 4) is 5.75 Å². The second-order valence-electron chi connectivity index (χ2n) is 12.1. The van der Waals surface area contributed by atoms with Gasteiger partial charge in [0.05, 0.1) is 17.7 Å². The number of hydrogen-bond acceptors (Lipinski definition) is 5. The minimum absolute atomic E-state index is 0.0365. The minimum atomic E-state index is -4.22. The van der Waals surface area contributed by atoms with Crippen LogP contribution in [-0.2, 0) is 32.6 Å². The lowest BCUT2D eigenvalue weighted by Gasteiger charge is -2.35. The van der Waals surface area contributed by atoms with Crippen LogP contribution in [0.3, 0.4) is 0 Å². The lowest BCUT2D eigenvalue weighted by molar-refractivity contribution is -0.140. The van der Waals surface area contributed by atoms with E-state index in [1.807, 2.05) is 61.5 Å². The van der Waals surface area contributed by atoms with Gasteiger partial charge in [0, 0.05) is 19.0 Å². The number of carbonyl (C=O) groups excluding carboxylic acids is 2. The highest BCUT2D eigenvalue weighted by atomic mass is 32.2. The van der Waals surface area contributed by atoms with Gasteiger partial charge in [-0.15, -0.1) is 0 Å². The molecule has 246 valence electrons. The van der Waals surface area contributed by atoms with Crippen molar-refractivity contribution in [1.29, 1.82) is 0 Å². The Balaban J connectivity index is 1.57. The van der Waals surface area contributed by atoms with Crippen LogP contribution in [0.5, 0.6) is 5.75 Å². The minimum Gasteiger partial charge on any atom is -0.495 e. The van der Waals surface area contributed by atoms with Crippen LogP contribution in [0.4, 0.5) is 5.69 Å². The number of hydrogen-bond donors (Lipinski definition) is 1. The van der Waals surface area contributed by atoms with Gasteiger partial charge in [0.25, 0.3) is 10.0 Å². The number of rotatable bonds is 13. The summed E-state index contributed by atoms with van der Waals surface area (Å²) in [4.78, 5) is 30.5. The first-order chi connectivity index (χ1) is 22.8. The summed E-state index contributed by atoms with van der Waals surface area (Å²) in [5.41, 5.74) is 3.03. The summed E-state index contributed by atoms with van der Waals surface area (Å²) in [5.74, 6) is -0.438. The molecule has 1 N–H and O–H groups in total. The van der Waals surface area contributed by atoms with Crippen molar-refractivity contribution in [2.45, 2.75) is 69.0 Å². The zero-order valence-corrected chi connectivity index (χ0v) is 27.9. The lowest BCUT2D eigenvalue weighted by Crippen LogP contribution is -2.55. The summed E-state index contributed by atoms with van der Waals surface area (Å²) in [7, 11) is -2.75. The van der Waals surface area contributed by atoms with Crippen molar-refractivity contribution in [2.75, 3.05) is 18.0 Å². The van der Waals surface area contributed by atoms with Gasteiger partial charge in [-0.1, -0.05) is 110 Å². The maximum atomic E-state index is 14.7. The van der Waals surface area contributed by atoms with Crippen molar-refractivity contribution in [2.24, 2.45) is 0 Å². The molecule has 0 aliphatic heterocycles. The molecule has 8 nitrogen and oxygen atoms in total. The van der Waals surface area contributed by atoms with Crippen molar-refractivity contribution >= 4 is 27.5 Å². The fraction of sp³-hybridized carbons (Fsp3) is 0.316. The number of nitrogens with one attached hydrogen (secondary N) is 1. The highest BCUT2D eigenvalue weighted by Crippen LogP contribution is 2.32. The van der Waals surface area contributed by atoms with Gasteiger partial charge in [-0.25, -0.2) is 8.42 Å². The summed E-state index contributed by atoms with van der Waals surface area (Å²) in [6.07, 6.45) is 5.31. The molecule has 0 heterocycles. The summed E-state index contributed by atoms with van der Waals surface area (Å²) in [6.45, 7) is 1.58. The van der Waals surface area contributed by atoms with Gasteiger partial charge in [0.1, 0.15) is 18.3 Å².